The summed E-state index contributed by atoms with van der Waals surface area (Å²) in [4.78, 5) is 35.1. The van der Waals surface area contributed by atoms with E-state index in [9.17, 15) is 14.4 Å². The van der Waals surface area contributed by atoms with E-state index >= 15 is 0 Å². The lowest BCUT2D eigenvalue weighted by molar-refractivity contribution is -0.142. The van der Waals surface area contributed by atoms with Crippen LogP contribution in [0.5, 0.6) is 0 Å². The van der Waals surface area contributed by atoms with Gasteiger partial charge < -0.3 is 0 Å². The quantitative estimate of drug-likeness (QED) is 0.407. The summed E-state index contributed by atoms with van der Waals surface area (Å²) in [5.41, 5.74) is 0. The van der Waals surface area contributed by atoms with E-state index in [1.165, 1.54) is 7.05 Å². The van der Waals surface area contributed by atoms with Gasteiger partial charge in [0.15, 0.2) is 0 Å². The van der Waals surface area contributed by atoms with E-state index in [-0.39, 0.29) is 0 Å². The minimum absolute atomic E-state index is 0.291. The summed E-state index contributed by atoms with van der Waals surface area (Å²) in [6.07, 6.45) is 0.651. The summed E-state index contributed by atoms with van der Waals surface area (Å²) in [5, 5.41) is 0.696. The first-order valence-corrected chi connectivity index (χ1v) is 4.91. The molecule has 0 unspecified atom stereocenters. The predicted molar refractivity (Wildman–Crippen MR) is 48.3 cm³/mol. The topological polar surface area (TPSA) is 57.7 Å². The summed E-state index contributed by atoms with van der Waals surface area (Å²) in [5.74, 6) is -1.48. The Bertz CT molecular complexity index is 266. The van der Waals surface area contributed by atoms with Gasteiger partial charge in [0, 0.05) is 18.9 Å². The lowest BCUT2D eigenvalue weighted by Crippen LogP contribution is -2.32. The summed E-state index contributed by atoms with van der Waals surface area (Å²) >= 11 is 3.18. The number of alkyl halides is 1. The normalized spacial score (nSPS) is 17.5. The van der Waals surface area contributed by atoms with Gasteiger partial charge >= 0.3 is 17.8 Å². The van der Waals surface area contributed by atoms with Gasteiger partial charge in [0.2, 0.25) is 0 Å². The van der Waals surface area contributed by atoms with Crippen molar-refractivity contribution in [2.75, 3.05) is 18.9 Å². The Kier molecular flexibility index (Phi) is 3.02. The predicted octanol–water partition coefficient (Wildman–Crippen LogP) is 0.192. The van der Waals surface area contributed by atoms with E-state index in [1.54, 1.807) is 0 Å². The molecule has 0 atom stereocenters. The Morgan fingerprint density at radius 2 is 1.85 bits per heavy atom. The minimum Gasteiger partial charge on any atom is -0.263 e. The Balaban J connectivity index is 2.70. The molecular formula is C7H9BrN2O3. The van der Waals surface area contributed by atoms with Crippen LogP contribution in [-0.4, -0.2) is 46.6 Å². The average Bonchev–Trinajstić information content (AvgIpc) is 2.30. The van der Waals surface area contributed by atoms with Crippen LogP contribution in [0, 0.1) is 0 Å². The highest BCUT2D eigenvalue weighted by atomic mass is 79.9. The highest BCUT2D eigenvalue weighted by molar-refractivity contribution is 9.09. The number of carbonyl (C=O) groups is 3. The number of halogens is 1. The first-order valence-electron chi connectivity index (χ1n) is 3.79. The molecule has 4 amide bonds. The van der Waals surface area contributed by atoms with Crippen LogP contribution in [0.4, 0.5) is 4.79 Å². The van der Waals surface area contributed by atoms with Crippen LogP contribution in [-0.2, 0) is 9.59 Å². The van der Waals surface area contributed by atoms with Gasteiger partial charge in [-0.25, -0.2) is 4.79 Å². The number of carbonyl (C=O) groups excluding carboxylic acids is 3. The second kappa shape index (κ2) is 3.87. The molecule has 0 spiro atoms. The van der Waals surface area contributed by atoms with Crippen molar-refractivity contribution in [3.8, 4) is 0 Å². The maximum atomic E-state index is 11.2. The molecule has 13 heavy (non-hydrogen) atoms. The van der Waals surface area contributed by atoms with E-state index in [1.807, 2.05) is 0 Å². The second-order valence-electron chi connectivity index (χ2n) is 2.65. The standard InChI is InChI=1S/C7H9BrN2O3/c1-9-5(11)6(12)10(7(9)13)4-2-3-8/h2-4H2,1H3. The van der Waals surface area contributed by atoms with E-state index in [2.05, 4.69) is 15.9 Å². The number of urea groups is 1. The zero-order valence-electron chi connectivity index (χ0n) is 7.12. The third kappa shape index (κ3) is 1.72. The number of amides is 4. The number of rotatable bonds is 3. The first-order chi connectivity index (χ1) is 6.09. The molecule has 1 saturated heterocycles. The molecule has 1 fully saturated rings. The van der Waals surface area contributed by atoms with Gasteiger partial charge in [-0.2, -0.15) is 0 Å². The van der Waals surface area contributed by atoms with Gasteiger partial charge in [-0.3, -0.25) is 19.4 Å². The SMILES string of the molecule is CN1C(=O)C(=O)N(CCCBr)C1=O. The third-order valence-corrected chi connectivity index (χ3v) is 2.33. The van der Waals surface area contributed by atoms with Crippen LogP contribution in [0.1, 0.15) is 6.42 Å². The minimum atomic E-state index is -0.750. The van der Waals surface area contributed by atoms with Crippen molar-refractivity contribution in [3.05, 3.63) is 0 Å². The first kappa shape index (κ1) is 10.2. The number of nitrogens with zero attached hydrogens (tertiary/aromatic N) is 2. The maximum absolute atomic E-state index is 11.2. The fraction of sp³-hybridized carbons (Fsp3) is 0.571. The Morgan fingerprint density at radius 3 is 2.23 bits per heavy atom. The molecule has 1 rings (SSSR count). The highest BCUT2D eigenvalue weighted by Crippen LogP contribution is 2.10. The lowest BCUT2D eigenvalue weighted by atomic mass is 10.4. The molecule has 0 aromatic carbocycles. The van der Waals surface area contributed by atoms with Crippen molar-refractivity contribution < 1.29 is 14.4 Å². The van der Waals surface area contributed by atoms with Crippen molar-refractivity contribution in [3.63, 3.8) is 0 Å². The smallest absolute Gasteiger partial charge is 0.263 e. The summed E-state index contributed by atoms with van der Waals surface area (Å²) in [7, 11) is 1.30. The second-order valence-corrected chi connectivity index (χ2v) is 3.44. The monoisotopic (exact) mass is 248 g/mol. The molecule has 72 valence electrons. The highest BCUT2D eigenvalue weighted by Gasteiger charge is 2.41. The van der Waals surface area contributed by atoms with Crippen molar-refractivity contribution in [1.29, 1.82) is 0 Å². The molecule has 0 N–H and O–H groups in total. The number of hydrogen-bond donors (Lipinski definition) is 0. The molecule has 0 radical (unpaired) electrons. The van der Waals surface area contributed by atoms with Gasteiger partial charge in [0.05, 0.1) is 0 Å². The molecular weight excluding hydrogens is 240 g/mol. The number of likely N-dealkylation sites (N-methyl/N-ethyl adjacent to an activating group) is 1. The summed E-state index contributed by atoms with van der Waals surface area (Å²) in [6, 6.07) is -0.532. The molecule has 0 aliphatic carbocycles. The number of hydrogen-bond acceptors (Lipinski definition) is 3. The van der Waals surface area contributed by atoms with Crippen LogP contribution >= 0.6 is 15.9 Å². The lowest BCUT2D eigenvalue weighted by Gasteiger charge is -2.10. The van der Waals surface area contributed by atoms with Crippen molar-refractivity contribution in [1.82, 2.24) is 9.80 Å². The van der Waals surface area contributed by atoms with E-state index in [4.69, 9.17) is 0 Å². The van der Waals surface area contributed by atoms with Gasteiger partial charge in [-0.15, -0.1) is 0 Å². The summed E-state index contributed by atoms with van der Waals surface area (Å²) in [6.45, 7) is 0.291. The Labute approximate surface area is 83.8 Å². The fourth-order valence-electron chi connectivity index (χ4n) is 1.03. The van der Waals surface area contributed by atoms with E-state index in [0.29, 0.717) is 18.3 Å². The van der Waals surface area contributed by atoms with Crippen LogP contribution in [0.25, 0.3) is 0 Å². The van der Waals surface area contributed by atoms with Crippen molar-refractivity contribution in [2.45, 2.75) is 6.42 Å². The van der Waals surface area contributed by atoms with Crippen molar-refractivity contribution >= 4 is 33.8 Å². The van der Waals surface area contributed by atoms with Gasteiger partial charge in [-0.1, -0.05) is 15.9 Å². The molecule has 0 saturated carbocycles. The van der Waals surface area contributed by atoms with Crippen LogP contribution in [0.2, 0.25) is 0 Å². The molecule has 0 aromatic rings. The third-order valence-electron chi connectivity index (χ3n) is 1.77. The maximum Gasteiger partial charge on any atom is 0.333 e. The molecule has 0 aromatic heterocycles. The summed E-state index contributed by atoms with van der Waals surface area (Å²) < 4.78 is 0. The molecule has 0 bridgehead atoms. The molecule has 5 nitrogen and oxygen atoms in total. The zero-order valence-corrected chi connectivity index (χ0v) is 8.70. The average molecular weight is 249 g/mol. The van der Waals surface area contributed by atoms with Gasteiger partial charge in [-0.05, 0) is 6.42 Å². The van der Waals surface area contributed by atoms with E-state index in [0.717, 1.165) is 9.80 Å². The Morgan fingerprint density at radius 1 is 1.23 bits per heavy atom. The molecule has 1 aliphatic heterocycles. The van der Waals surface area contributed by atoms with Crippen LogP contribution in [0.15, 0.2) is 0 Å². The Hall–Kier alpha value is -0.910. The van der Waals surface area contributed by atoms with E-state index < -0.39 is 17.8 Å². The van der Waals surface area contributed by atoms with Crippen LogP contribution < -0.4 is 0 Å². The zero-order chi connectivity index (χ0) is 10.0. The fourth-order valence-corrected chi connectivity index (χ4v) is 1.28. The number of imide groups is 2. The van der Waals surface area contributed by atoms with Gasteiger partial charge in [0.25, 0.3) is 0 Å². The molecule has 1 heterocycles. The molecule has 6 heteroatoms. The van der Waals surface area contributed by atoms with Crippen molar-refractivity contribution in [2.24, 2.45) is 0 Å². The van der Waals surface area contributed by atoms with Crippen LogP contribution in [0.3, 0.4) is 0 Å². The molecule has 1 aliphatic rings. The van der Waals surface area contributed by atoms with Gasteiger partial charge in [0.1, 0.15) is 0 Å². The largest absolute Gasteiger partial charge is 0.333 e.